The monoisotopic (exact) mass is 250 g/mol. The summed E-state index contributed by atoms with van der Waals surface area (Å²) in [6, 6.07) is 5.55. The largest absolute Gasteiger partial charge is 0.480 e. The van der Waals surface area contributed by atoms with Crippen molar-refractivity contribution in [3.8, 4) is 6.07 Å². The number of aryl methyl sites for hydroxylation is 1. The first-order chi connectivity index (χ1) is 8.08. The second kappa shape index (κ2) is 6.26. The van der Waals surface area contributed by atoms with Crippen LogP contribution in [-0.4, -0.2) is 21.3 Å². The molecule has 0 aliphatic rings. The lowest BCUT2D eigenvalue weighted by Gasteiger charge is -2.08. The zero-order valence-electron chi connectivity index (χ0n) is 9.80. The van der Waals surface area contributed by atoms with E-state index in [4.69, 9.17) is 10.4 Å². The molecule has 1 unspecified atom stereocenters. The summed E-state index contributed by atoms with van der Waals surface area (Å²) in [6.07, 6.45) is 1.80. The molecule has 0 saturated heterocycles. The summed E-state index contributed by atoms with van der Waals surface area (Å²) in [5.74, 6) is -0.901. The van der Waals surface area contributed by atoms with Crippen LogP contribution in [0.2, 0.25) is 0 Å². The highest BCUT2D eigenvalue weighted by molar-refractivity contribution is 8.00. The third-order valence-corrected chi connectivity index (χ3v) is 3.27. The molecule has 5 heteroatoms. The van der Waals surface area contributed by atoms with E-state index in [0.717, 1.165) is 30.3 Å². The summed E-state index contributed by atoms with van der Waals surface area (Å²) in [5.41, 5.74) is 1.33. The van der Waals surface area contributed by atoms with Crippen LogP contribution in [-0.2, 0) is 11.2 Å². The highest BCUT2D eigenvalue weighted by Crippen LogP contribution is 2.25. The van der Waals surface area contributed by atoms with Crippen LogP contribution in [0.5, 0.6) is 0 Å². The number of thioether (sulfide) groups is 1. The maximum Gasteiger partial charge on any atom is 0.316 e. The molecule has 1 N–H and O–H groups in total. The van der Waals surface area contributed by atoms with Gasteiger partial charge < -0.3 is 5.11 Å². The minimum absolute atomic E-state index is 0.433. The standard InChI is InChI=1S/C12H14N2O2S/c1-3-4-10-6-5-9(7-13)11(14-10)17-8(2)12(15)16/h5-6,8H,3-4H2,1-2H3,(H,15,16). The lowest BCUT2D eigenvalue weighted by Crippen LogP contribution is -2.12. The van der Waals surface area contributed by atoms with Gasteiger partial charge in [0, 0.05) is 5.69 Å². The minimum Gasteiger partial charge on any atom is -0.480 e. The zero-order chi connectivity index (χ0) is 12.8. The first-order valence-corrected chi connectivity index (χ1v) is 6.26. The summed E-state index contributed by atoms with van der Waals surface area (Å²) in [7, 11) is 0. The number of aliphatic carboxylic acids is 1. The van der Waals surface area contributed by atoms with Gasteiger partial charge in [-0.3, -0.25) is 4.79 Å². The van der Waals surface area contributed by atoms with Crippen molar-refractivity contribution in [2.24, 2.45) is 0 Å². The van der Waals surface area contributed by atoms with Crippen LogP contribution in [0.1, 0.15) is 31.5 Å². The maximum absolute atomic E-state index is 10.8. The number of carbonyl (C=O) groups is 1. The van der Waals surface area contributed by atoms with Gasteiger partial charge in [0.2, 0.25) is 0 Å². The topological polar surface area (TPSA) is 74.0 Å². The first-order valence-electron chi connectivity index (χ1n) is 5.38. The van der Waals surface area contributed by atoms with E-state index < -0.39 is 11.2 Å². The predicted molar refractivity (Wildman–Crippen MR) is 65.9 cm³/mol. The summed E-state index contributed by atoms with van der Waals surface area (Å²) >= 11 is 1.11. The summed E-state index contributed by atoms with van der Waals surface area (Å²) in [4.78, 5) is 15.1. The number of rotatable bonds is 5. The Hall–Kier alpha value is -1.54. The van der Waals surface area contributed by atoms with E-state index >= 15 is 0 Å². The Morgan fingerprint density at radius 2 is 2.35 bits per heavy atom. The third kappa shape index (κ3) is 3.75. The van der Waals surface area contributed by atoms with E-state index in [-0.39, 0.29) is 0 Å². The molecular weight excluding hydrogens is 236 g/mol. The van der Waals surface area contributed by atoms with Gasteiger partial charge in [-0.25, -0.2) is 4.98 Å². The van der Waals surface area contributed by atoms with Gasteiger partial charge in [-0.05, 0) is 25.5 Å². The molecule has 4 nitrogen and oxygen atoms in total. The van der Waals surface area contributed by atoms with Crippen molar-refractivity contribution < 1.29 is 9.90 Å². The van der Waals surface area contributed by atoms with E-state index in [0.29, 0.717) is 10.6 Å². The van der Waals surface area contributed by atoms with Crippen molar-refractivity contribution in [3.63, 3.8) is 0 Å². The van der Waals surface area contributed by atoms with Gasteiger partial charge in [0.25, 0.3) is 0 Å². The fourth-order valence-corrected chi connectivity index (χ4v) is 2.11. The van der Waals surface area contributed by atoms with Gasteiger partial charge in [0.1, 0.15) is 16.3 Å². The smallest absolute Gasteiger partial charge is 0.316 e. The Labute approximate surface area is 105 Å². The number of carboxylic acids is 1. The molecule has 0 fully saturated rings. The zero-order valence-corrected chi connectivity index (χ0v) is 10.6. The van der Waals surface area contributed by atoms with E-state index in [9.17, 15) is 4.79 Å². The van der Waals surface area contributed by atoms with Gasteiger partial charge in [0.05, 0.1) is 5.56 Å². The molecule has 0 bridgehead atoms. The Morgan fingerprint density at radius 1 is 1.65 bits per heavy atom. The molecule has 1 aromatic heterocycles. The molecule has 0 amide bonds. The van der Waals surface area contributed by atoms with Crippen molar-refractivity contribution in [3.05, 3.63) is 23.4 Å². The normalized spacial score (nSPS) is 11.8. The Balaban J connectivity index is 2.98. The van der Waals surface area contributed by atoms with E-state index in [1.807, 2.05) is 19.1 Å². The van der Waals surface area contributed by atoms with Crippen molar-refractivity contribution in [1.82, 2.24) is 4.98 Å². The lowest BCUT2D eigenvalue weighted by molar-refractivity contribution is -0.136. The SMILES string of the molecule is CCCc1ccc(C#N)c(SC(C)C(=O)O)n1. The highest BCUT2D eigenvalue weighted by atomic mass is 32.2. The molecule has 0 saturated carbocycles. The highest BCUT2D eigenvalue weighted by Gasteiger charge is 2.16. The van der Waals surface area contributed by atoms with Gasteiger partial charge in [-0.2, -0.15) is 5.26 Å². The second-order valence-corrected chi connectivity index (χ2v) is 4.94. The molecule has 1 heterocycles. The molecular formula is C12H14N2O2S. The van der Waals surface area contributed by atoms with Gasteiger partial charge >= 0.3 is 5.97 Å². The molecule has 0 aliphatic carbocycles. The lowest BCUT2D eigenvalue weighted by atomic mass is 10.2. The number of nitrogens with zero attached hydrogens (tertiary/aromatic N) is 2. The maximum atomic E-state index is 10.8. The van der Waals surface area contributed by atoms with Crippen LogP contribution in [0.25, 0.3) is 0 Å². The number of pyridine rings is 1. The molecule has 0 aromatic carbocycles. The number of aromatic nitrogens is 1. The average molecular weight is 250 g/mol. The average Bonchev–Trinajstić information content (AvgIpc) is 2.29. The summed E-state index contributed by atoms with van der Waals surface area (Å²) in [6.45, 7) is 3.63. The number of nitriles is 1. The van der Waals surface area contributed by atoms with Crippen molar-refractivity contribution in [2.75, 3.05) is 0 Å². The first kappa shape index (κ1) is 13.5. The number of hydrogen-bond donors (Lipinski definition) is 1. The van der Waals surface area contributed by atoms with Crippen molar-refractivity contribution >= 4 is 17.7 Å². The Morgan fingerprint density at radius 3 is 2.88 bits per heavy atom. The molecule has 0 radical (unpaired) electrons. The van der Waals surface area contributed by atoms with Crippen LogP contribution in [0.15, 0.2) is 17.2 Å². The van der Waals surface area contributed by atoms with Crippen LogP contribution in [0.4, 0.5) is 0 Å². The second-order valence-electron chi connectivity index (χ2n) is 3.62. The molecule has 17 heavy (non-hydrogen) atoms. The summed E-state index contributed by atoms with van der Waals surface area (Å²) in [5, 5.41) is 17.7. The van der Waals surface area contributed by atoms with Crippen molar-refractivity contribution in [2.45, 2.75) is 37.0 Å². The van der Waals surface area contributed by atoms with E-state index in [2.05, 4.69) is 4.98 Å². The fraction of sp³-hybridized carbons (Fsp3) is 0.417. The van der Waals surface area contributed by atoms with Gasteiger partial charge in [-0.15, -0.1) is 0 Å². The van der Waals surface area contributed by atoms with Crippen LogP contribution >= 0.6 is 11.8 Å². The van der Waals surface area contributed by atoms with Crippen molar-refractivity contribution in [1.29, 1.82) is 5.26 Å². The molecule has 0 spiro atoms. The fourth-order valence-electron chi connectivity index (χ4n) is 1.27. The predicted octanol–water partition coefficient (Wildman–Crippen LogP) is 2.47. The quantitative estimate of drug-likeness (QED) is 0.812. The Kier molecular flexibility index (Phi) is 4.98. The van der Waals surface area contributed by atoms with E-state index in [1.165, 1.54) is 0 Å². The summed E-state index contributed by atoms with van der Waals surface area (Å²) < 4.78 is 0. The van der Waals surface area contributed by atoms with E-state index in [1.54, 1.807) is 13.0 Å². The molecule has 90 valence electrons. The molecule has 0 aliphatic heterocycles. The van der Waals surface area contributed by atoms with Gasteiger partial charge in [-0.1, -0.05) is 25.1 Å². The third-order valence-electron chi connectivity index (χ3n) is 2.18. The number of carboxylic acid groups (broad SMARTS) is 1. The van der Waals surface area contributed by atoms with Crippen LogP contribution < -0.4 is 0 Å². The van der Waals surface area contributed by atoms with Crippen LogP contribution in [0.3, 0.4) is 0 Å². The van der Waals surface area contributed by atoms with Gasteiger partial charge in [0.15, 0.2) is 0 Å². The number of hydrogen-bond acceptors (Lipinski definition) is 4. The molecule has 1 rings (SSSR count). The molecule has 1 aromatic rings. The van der Waals surface area contributed by atoms with Crippen LogP contribution in [0, 0.1) is 11.3 Å². The Bertz CT molecular complexity index is 454. The molecule has 1 atom stereocenters. The minimum atomic E-state index is -0.901.